The van der Waals surface area contributed by atoms with Crippen LogP contribution in [0.2, 0.25) is 10.0 Å². The molecule has 0 fully saturated rings. The number of halogens is 2. The SMILES string of the molecule is Cc1ccc(CN(C)C(=O)c2ccc(NS(=O)(=O)c3cc(Cl)ccc3Cl)cc2)o1. The van der Waals surface area contributed by atoms with E-state index in [4.69, 9.17) is 27.6 Å². The molecule has 0 spiro atoms. The average Bonchev–Trinajstić information content (AvgIpc) is 3.08. The number of furan rings is 1. The summed E-state index contributed by atoms with van der Waals surface area (Å²) in [5, 5.41) is 0.314. The number of hydrogen-bond acceptors (Lipinski definition) is 4. The zero-order valence-corrected chi connectivity index (χ0v) is 18.0. The van der Waals surface area contributed by atoms with Crippen molar-refractivity contribution < 1.29 is 17.6 Å². The molecule has 1 heterocycles. The summed E-state index contributed by atoms with van der Waals surface area (Å²) in [6.45, 7) is 2.16. The number of amides is 1. The molecule has 0 aliphatic heterocycles. The second-order valence-corrected chi connectivity index (χ2v) is 8.93. The fourth-order valence-corrected chi connectivity index (χ4v) is 4.49. The number of carbonyl (C=O) groups is 1. The average molecular weight is 453 g/mol. The maximum atomic E-state index is 12.6. The van der Waals surface area contributed by atoms with Crippen molar-refractivity contribution in [1.29, 1.82) is 0 Å². The third-order valence-electron chi connectivity index (χ3n) is 4.10. The van der Waals surface area contributed by atoms with Crippen molar-refractivity contribution in [2.45, 2.75) is 18.4 Å². The molecule has 3 aromatic rings. The van der Waals surface area contributed by atoms with E-state index in [1.165, 1.54) is 35.2 Å². The highest BCUT2D eigenvalue weighted by Gasteiger charge is 2.19. The van der Waals surface area contributed by atoms with Crippen LogP contribution in [0.25, 0.3) is 0 Å². The topological polar surface area (TPSA) is 79.6 Å². The van der Waals surface area contributed by atoms with Gasteiger partial charge in [0.1, 0.15) is 16.4 Å². The number of anilines is 1. The summed E-state index contributed by atoms with van der Waals surface area (Å²) < 4.78 is 33.0. The van der Waals surface area contributed by atoms with Crippen LogP contribution in [0, 0.1) is 6.92 Å². The van der Waals surface area contributed by atoms with Crippen LogP contribution in [-0.2, 0) is 16.6 Å². The largest absolute Gasteiger partial charge is 0.464 e. The first-order valence-electron chi connectivity index (χ1n) is 8.54. The number of hydrogen-bond donors (Lipinski definition) is 1. The first-order valence-corrected chi connectivity index (χ1v) is 10.8. The van der Waals surface area contributed by atoms with Gasteiger partial charge in [0.15, 0.2) is 0 Å². The second-order valence-electron chi connectivity index (χ2n) is 6.43. The van der Waals surface area contributed by atoms with Crippen LogP contribution >= 0.6 is 23.2 Å². The van der Waals surface area contributed by atoms with E-state index in [-0.39, 0.29) is 20.8 Å². The van der Waals surface area contributed by atoms with E-state index in [0.29, 0.717) is 23.6 Å². The number of aryl methyl sites for hydroxylation is 1. The zero-order valence-electron chi connectivity index (χ0n) is 15.6. The summed E-state index contributed by atoms with van der Waals surface area (Å²) in [7, 11) is -2.26. The molecule has 6 nitrogen and oxygen atoms in total. The van der Waals surface area contributed by atoms with Gasteiger partial charge in [0.05, 0.1) is 11.6 Å². The van der Waals surface area contributed by atoms with Gasteiger partial charge in [0.2, 0.25) is 0 Å². The molecule has 1 amide bonds. The lowest BCUT2D eigenvalue weighted by Gasteiger charge is -2.16. The lowest BCUT2D eigenvalue weighted by Crippen LogP contribution is -2.26. The molecule has 0 unspecified atom stereocenters. The molecule has 0 aliphatic carbocycles. The highest BCUT2D eigenvalue weighted by Crippen LogP contribution is 2.27. The van der Waals surface area contributed by atoms with Gasteiger partial charge in [-0.3, -0.25) is 9.52 Å². The third-order valence-corrected chi connectivity index (χ3v) is 6.20. The number of nitrogens with zero attached hydrogens (tertiary/aromatic N) is 1. The Morgan fingerprint density at radius 3 is 2.38 bits per heavy atom. The fourth-order valence-electron chi connectivity index (χ4n) is 2.67. The normalized spacial score (nSPS) is 11.3. The molecule has 9 heteroatoms. The maximum absolute atomic E-state index is 12.6. The van der Waals surface area contributed by atoms with E-state index in [1.807, 2.05) is 19.1 Å². The Labute approximate surface area is 179 Å². The van der Waals surface area contributed by atoms with E-state index < -0.39 is 10.0 Å². The summed E-state index contributed by atoms with van der Waals surface area (Å²) in [4.78, 5) is 14.0. The Hall–Kier alpha value is -2.48. The molecular weight excluding hydrogens is 435 g/mol. The molecule has 2 aromatic carbocycles. The first-order chi connectivity index (χ1) is 13.7. The summed E-state index contributed by atoms with van der Waals surface area (Å²) in [6.07, 6.45) is 0. The van der Waals surface area contributed by atoms with Gasteiger partial charge in [0.25, 0.3) is 15.9 Å². The van der Waals surface area contributed by atoms with Crippen LogP contribution in [0.1, 0.15) is 21.9 Å². The minimum Gasteiger partial charge on any atom is -0.464 e. The number of sulfonamides is 1. The minimum absolute atomic E-state index is 0.0588. The molecule has 152 valence electrons. The van der Waals surface area contributed by atoms with Crippen molar-refractivity contribution in [2.24, 2.45) is 0 Å². The van der Waals surface area contributed by atoms with Crippen LogP contribution in [-0.4, -0.2) is 26.3 Å². The Morgan fingerprint density at radius 1 is 1.07 bits per heavy atom. The molecule has 1 aromatic heterocycles. The van der Waals surface area contributed by atoms with Crippen LogP contribution in [0.5, 0.6) is 0 Å². The van der Waals surface area contributed by atoms with Crippen LogP contribution in [0.3, 0.4) is 0 Å². The highest BCUT2D eigenvalue weighted by atomic mass is 35.5. The van der Waals surface area contributed by atoms with Gasteiger partial charge in [-0.1, -0.05) is 23.2 Å². The van der Waals surface area contributed by atoms with Gasteiger partial charge in [-0.05, 0) is 61.5 Å². The van der Waals surface area contributed by atoms with E-state index in [2.05, 4.69) is 4.72 Å². The Bertz CT molecular complexity index is 1140. The van der Waals surface area contributed by atoms with Crippen molar-refractivity contribution in [3.05, 3.63) is 81.7 Å². The Morgan fingerprint density at radius 2 is 1.76 bits per heavy atom. The molecule has 3 rings (SSSR count). The summed E-state index contributed by atoms with van der Waals surface area (Å²) in [5.74, 6) is 1.24. The van der Waals surface area contributed by atoms with E-state index in [9.17, 15) is 13.2 Å². The molecule has 0 saturated carbocycles. The van der Waals surface area contributed by atoms with Crippen molar-refractivity contribution in [3.63, 3.8) is 0 Å². The molecule has 0 bridgehead atoms. The molecule has 0 aliphatic rings. The second kappa shape index (κ2) is 8.49. The van der Waals surface area contributed by atoms with Crippen LogP contribution < -0.4 is 4.72 Å². The maximum Gasteiger partial charge on any atom is 0.263 e. The van der Waals surface area contributed by atoms with Crippen LogP contribution in [0.4, 0.5) is 5.69 Å². The van der Waals surface area contributed by atoms with Crippen LogP contribution in [0.15, 0.2) is 63.9 Å². The molecular formula is C20H18Cl2N2O4S. The van der Waals surface area contributed by atoms with Gasteiger partial charge in [-0.2, -0.15) is 0 Å². The molecule has 0 radical (unpaired) electrons. The van der Waals surface area contributed by atoms with Crippen molar-refractivity contribution in [3.8, 4) is 0 Å². The van der Waals surface area contributed by atoms with Crippen molar-refractivity contribution in [2.75, 3.05) is 11.8 Å². The number of nitrogens with one attached hydrogen (secondary N) is 1. The molecule has 29 heavy (non-hydrogen) atoms. The highest BCUT2D eigenvalue weighted by molar-refractivity contribution is 7.92. The number of rotatable bonds is 6. The summed E-state index contributed by atoms with van der Waals surface area (Å²) in [6, 6.07) is 13.9. The smallest absolute Gasteiger partial charge is 0.263 e. The lowest BCUT2D eigenvalue weighted by molar-refractivity contribution is 0.0775. The lowest BCUT2D eigenvalue weighted by atomic mass is 10.2. The minimum atomic E-state index is -3.93. The van der Waals surface area contributed by atoms with Crippen molar-refractivity contribution >= 4 is 44.8 Å². The molecule has 0 atom stereocenters. The first kappa shape index (κ1) is 21.2. The number of carbonyl (C=O) groups excluding carboxylic acids is 1. The fraction of sp³-hybridized carbons (Fsp3) is 0.150. The van der Waals surface area contributed by atoms with Gasteiger partial charge < -0.3 is 9.32 Å². The van der Waals surface area contributed by atoms with Gasteiger partial charge in [-0.25, -0.2) is 8.42 Å². The standard InChI is InChI=1S/C20H18Cl2N2O4S/c1-13-3-9-17(28-13)12-24(2)20(25)14-4-7-16(8-5-14)23-29(26,27)19-11-15(21)6-10-18(19)22/h3-11,23H,12H2,1-2H3. The Balaban J connectivity index is 1.72. The molecule has 1 N–H and O–H groups in total. The van der Waals surface area contributed by atoms with Crippen molar-refractivity contribution in [1.82, 2.24) is 4.90 Å². The Kier molecular flexibility index (Phi) is 6.21. The monoisotopic (exact) mass is 452 g/mol. The predicted octanol–water partition coefficient (Wildman–Crippen LogP) is 4.97. The molecule has 0 saturated heterocycles. The van der Waals surface area contributed by atoms with Gasteiger partial charge >= 0.3 is 0 Å². The quantitative estimate of drug-likeness (QED) is 0.572. The van der Waals surface area contributed by atoms with Gasteiger partial charge in [-0.15, -0.1) is 0 Å². The van der Waals surface area contributed by atoms with E-state index in [1.54, 1.807) is 19.2 Å². The van der Waals surface area contributed by atoms with Gasteiger partial charge in [0, 0.05) is 23.3 Å². The van der Waals surface area contributed by atoms with E-state index in [0.717, 1.165) is 5.76 Å². The van der Waals surface area contributed by atoms with E-state index >= 15 is 0 Å². The summed E-state index contributed by atoms with van der Waals surface area (Å²) in [5.41, 5.74) is 0.710. The third kappa shape index (κ3) is 5.12. The summed E-state index contributed by atoms with van der Waals surface area (Å²) >= 11 is 11.9. The zero-order chi connectivity index (χ0) is 21.2. The number of benzene rings is 2. The predicted molar refractivity (Wildman–Crippen MR) is 113 cm³/mol.